The largest absolute Gasteiger partial charge is 0.487 e. The van der Waals surface area contributed by atoms with Crippen LogP contribution in [0.5, 0.6) is 5.75 Å². The number of carbonyl (C=O) groups excluding carboxylic acids is 2. The number of ether oxygens (including phenoxy) is 2. The van der Waals surface area contributed by atoms with Crippen LogP contribution in [0.4, 0.5) is 0 Å². The summed E-state index contributed by atoms with van der Waals surface area (Å²) < 4.78 is 10.9. The smallest absolute Gasteiger partial charge is 0.308 e. The first-order chi connectivity index (χ1) is 12.1. The van der Waals surface area contributed by atoms with E-state index in [2.05, 4.69) is 9.97 Å². The first-order valence-electron chi connectivity index (χ1n) is 8.23. The van der Waals surface area contributed by atoms with E-state index in [4.69, 9.17) is 9.47 Å². The predicted molar refractivity (Wildman–Crippen MR) is 93.9 cm³/mol. The van der Waals surface area contributed by atoms with Crippen LogP contribution in [0.3, 0.4) is 0 Å². The van der Waals surface area contributed by atoms with Gasteiger partial charge in [-0.15, -0.1) is 11.3 Å². The number of hydrogen-bond donors (Lipinski definition) is 0. The van der Waals surface area contributed by atoms with Crippen molar-refractivity contribution >= 4 is 23.6 Å². The second-order valence-corrected chi connectivity index (χ2v) is 7.01. The summed E-state index contributed by atoms with van der Waals surface area (Å²) in [5, 5.41) is 1.84. The molecule has 0 radical (unpaired) electrons. The van der Waals surface area contributed by atoms with Crippen molar-refractivity contribution in [3.63, 3.8) is 0 Å². The number of carbonyl (C=O) groups is 2. The maximum absolute atomic E-state index is 11.7. The van der Waals surface area contributed by atoms with E-state index in [1.54, 1.807) is 12.3 Å². The van der Waals surface area contributed by atoms with Crippen molar-refractivity contribution in [2.45, 2.75) is 38.7 Å². The molecule has 1 fully saturated rings. The summed E-state index contributed by atoms with van der Waals surface area (Å²) in [6, 6.07) is 1.76. The van der Waals surface area contributed by atoms with Crippen molar-refractivity contribution in [1.82, 2.24) is 9.97 Å². The summed E-state index contributed by atoms with van der Waals surface area (Å²) in [7, 11) is 1.42. The van der Waals surface area contributed by atoms with Gasteiger partial charge in [-0.25, -0.2) is 9.97 Å². The highest BCUT2D eigenvalue weighted by Gasteiger charge is 2.29. The number of rotatable bonds is 5. The van der Waals surface area contributed by atoms with Crippen molar-refractivity contribution in [2.24, 2.45) is 5.92 Å². The van der Waals surface area contributed by atoms with Crippen LogP contribution < -0.4 is 4.74 Å². The summed E-state index contributed by atoms with van der Waals surface area (Å²) in [6.45, 7) is 1.86. The molecule has 2 aromatic heterocycles. The highest BCUT2D eigenvalue weighted by atomic mass is 32.1. The molecule has 1 aliphatic carbocycles. The molecule has 0 spiro atoms. The summed E-state index contributed by atoms with van der Waals surface area (Å²) in [4.78, 5) is 32.4. The van der Waals surface area contributed by atoms with E-state index < -0.39 is 0 Å². The Hall–Kier alpha value is -2.28. The summed E-state index contributed by atoms with van der Waals surface area (Å²) in [5.41, 5.74) is 1.31. The summed E-state index contributed by atoms with van der Waals surface area (Å²) in [6.07, 6.45) is 5.73. The van der Waals surface area contributed by atoms with Crippen molar-refractivity contribution < 1.29 is 19.1 Å². The number of methoxy groups -OCH3 is 1. The molecule has 2 heterocycles. The molecule has 0 unspecified atom stereocenters. The normalized spacial score (nSPS) is 20.1. The third kappa shape index (κ3) is 3.87. The minimum absolute atomic E-state index is 0.0433. The second kappa shape index (κ2) is 7.74. The van der Waals surface area contributed by atoms with Crippen LogP contribution in [0.15, 0.2) is 17.6 Å². The van der Waals surface area contributed by atoms with Gasteiger partial charge >= 0.3 is 5.97 Å². The Morgan fingerprint density at radius 2 is 2.24 bits per heavy atom. The van der Waals surface area contributed by atoms with Crippen LogP contribution in [-0.4, -0.2) is 35.4 Å². The molecule has 0 saturated heterocycles. The van der Waals surface area contributed by atoms with Gasteiger partial charge < -0.3 is 9.47 Å². The molecule has 7 heteroatoms. The van der Waals surface area contributed by atoms with Gasteiger partial charge in [-0.3, -0.25) is 9.59 Å². The minimum atomic E-state index is -0.171. The Kier molecular flexibility index (Phi) is 5.43. The number of aldehydes is 1. The van der Waals surface area contributed by atoms with Gasteiger partial charge in [0.1, 0.15) is 0 Å². The molecule has 2 atom stereocenters. The molecule has 25 heavy (non-hydrogen) atoms. The third-order valence-electron chi connectivity index (χ3n) is 4.41. The molecule has 0 aromatic carbocycles. The zero-order chi connectivity index (χ0) is 17.8. The molecule has 6 nitrogen and oxygen atoms in total. The van der Waals surface area contributed by atoms with Crippen LogP contribution in [0.2, 0.25) is 0 Å². The number of nitrogens with zero attached hydrogens (tertiary/aromatic N) is 2. The van der Waals surface area contributed by atoms with Gasteiger partial charge in [-0.2, -0.15) is 0 Å². The van der Waals surface area contributed by atoms with E-state index in [0.717, 1.165) is 36.1 Å². The monoisotopic (exact) mass is 360 g/mol. The average molecular weight is 360 g/mol. The first-order valence-corrected chi connectivity index (χ1v) is 9.11. The summed E-state index contributed by atoms with van der Waals surface area (Å²) >= 11 is 1.43. The van der Waals surface area contributed by atoms with Crippen LogP contribution >= 0.6 is 11.3 Å². The fourth-order valence-corrected chi connectivity index (χ4v) is 3.89. The van der Waals surface area contributed by atoms with Crippen LogP contribution in [0, 0.1) is 12.8 Å². The number of hydrogen-bond acceptors (Lipinski definition) is 7. The van der Waals surface area contributed by atoms with Crippen LogP contribution in [0.25, 0.3) is 10.7 Å². The third-order valence-corrected chi connectivity index (χ3v) is 5.34. The van der Waals surface area contributed by atoms with Gasteiger partial charge in [-0.1, -0.05) is 0 Å². The molecule has 0 amide bonds. The lowest BCUT2D eigenvalue weighted by Crippen LogP contribution is -2.30. The standard InChI is InChI=1S/C18H20N2O4S/c1-11-15(24-14-5-3-4-12(8-14)18(22)23-2)9-19-17(20-11)16-13(10-21)6-7-25-16/h6-7,9-10,12,14H,3-5,8H2,1-2H3/t12-,14-/m0/s1. The van der Waals surface area contributed by atoms with Crippen molar-refractivity contribution in [3.05, 3.63) is 28.9 Å². The van der Waals surface area contributed by atoms with E-state index >= 15 is 0 Å². The van der Waals surface area contributed by atoms with Gasteiger partial charge in [0.05, 0.1) is 35.9 Å². The Bertz CT molecular complexity index is 774. The molecule has 0 N–H and O–H groups in total. The number of esters is 1. The Morgan fingerprint density at radius 3 is 2.96 bits per heavy atom. The number of thiophene rings is 1. The quantitative estimate of drug-likeness (QED) is 0.600. The Labute approximate surface area is 150 Å². The fourth-order valence-electron chi connectivity index (χ4n) is 3.09. The van der Waals surface area contributed by atoms with Crippen molar-refractivity contribution in [1.29, 1.82) is 0 Å². The Morgan fingerprint density at radius 1 is 1.40 bits per heavy atom. The minimum Gasteiger partial charge on any atom is -0.487 e. The lowest BCUT2D eigenvalue weighted by molar-refractivity contribution is -0.147. The lowest BCUT2D eigenvalue weighted by atomic mass is 9.87. The van der Waals surface area contributed by atoms with E-state index in [0.29, 0.717) is 23.6 Å². The molecular weight excluding hydrogens is 340 g/mol. The molecule has 3 rings (SSSR count). The lowest BCUT2D eigenvalue weighted by Gasteiger charge is -2.28. The van der Waals surface area contributed by atoms with Gasteiger partial charge in [0.2, 0.25) is 0 Å². The van der Waals surface area contributed by atoms with Crippen LogP contribution in [-0.2, 0) is 9.53 Å². The van der Waals surface area contributed by atoms with Gasteiger partial charge in [0, 0.05) is 5.56 Å². The first kappa shape index (κ1) is 17.5. The van der Waals surface area contributed by atoms with E-state index in [1.807, 2.05) is 12.3 Å². The molecule has 0 bridgehead atoms. The zero-order valence-electron chi connectivity index (χ0n) is 14.2. The highest BCUT2D eigenvalue weighted by molar-refractivity contribution is 7.13. The van der Waals surface area contributed by atoms with Gasteiger partial charge in [-0.05, 0) is 44.1 Å². The molecular formula is C18H20N2O4S. The van der Waals surface area contributed by atoms with E-state index in [1.165, 1.54) is 18.4 Å². The predicted octanol–water partition coefficient (Wildman–Crippen LogP) is 3.44. The fraction of sp³-hybridized carbons (Fsp3) is 0.444. The SMILES string of the molecule is COC(=O)[C@H]1CCC[C@H](Oc2cnc(-c3sccc3C=O)nc2C)C1. The topological polar surface area (TPSA) is 78.4 Å². The maximum atomic E-state index is 11.7. The number of aryl methyl sites for hydroxylation is 1. The molecule has 1 saturated carbocycles. The molecule has 2 aromatic rings. The average Bonchev–Trinajstić information content (AvgIpc) is 3.11. The summed E-state index contributed by atoms with van der Waals surface area (Å²) in [5.74, 6) is 0.864. The van der Waals surface area contributed by atoms with Crippen LogP contribution in [0.1, 0.15) is 41.7 Å². The number of aromatic nitrogens is 2. The highest BCUT2D eigenvalue weighted by Crippen LogP contribution is 2.31. The van der Waals surface area contributed by atoms with E-state index in [9.17, 15) is 9.59 Å². The molecule has 1 aliphatic rings. The van der Waals surface area contributed by atoms with E-state index in [-0.39, 0.29) is 18.0 Å². The molecule has 0 aliphatic heterocycles. The van der Waals surface area contributed by atoms with Crippen molar-refractivity contribution in [2.75, 3.05) is 7.11 Å². The van der Waals surface area contributed by atoms with Gasteiger partial charge in [0.15, 0.2) is 17.9 Å². The Balaban J connectivity index is 1.73. The molecule has 132 valence electrons. The van der Waals surface area contributed by atoms with Crippen molar-refractivity contribution in [3.8, 4) is 16.5 Å². The van der Waals surface area contributed by atoms with Gasteiger partial charge in [0.25, 0.3) is 0 Å². The maximum Gasteiger partial charge on any atom is 0.308 e. The zero-order valence-corrected chi connectivity index (χ0v) is 15.0. The second-order valence-electron chi connectivity index (χ2n) is 6.09.